The highest BCUT2D eigenvalue weighted by Crippen LogP contribution is 2.14. The van der Waals surface area contributed by atoms with Crippen molar-refractivity contribution < 1.29 is 4.74 Å². The van der Waals surface area contributed by atoms with Crippen LogP contribution in [-0.2, 0) is 11.2 Å². The van der Waals surface area contributed by atoms with E-state index in [1.54, 1.807) is 7.11 Å². The van der Waals surface area contributed by atoms with Crippen LogP contribution in [0.4, 0.5) is 0 Å². The smallest absolute Gasteiger partial charge is 0.113 e. The van der Waals surface area contributed by atoms with Gasteiger partial charge in [-0.1, -0.05) is 11.6 Å². The Bertz CT molecular complexity index is 453. The maximum atomic E-state index is 5.94. The zero-order valence-electron chi connectivity index (χ0n) is 8.61. The van der Waals surface area contributed by atoms with E-state index in [2.05, 4.69) is 4.98 Å². The third kappa shape index (κ3) is 2.30. The summed E-state index contributed by atoms with van der Waals surface area (Å²) in [6.45, 7) is 0.759. The lowest BCUT2D eigenvalue weighted by Gasteiger charge is -2.01. The number of imidazole rings is 1. The lowest BCUT2D eigenvalue weighted by molar-refractivity contribution is 0.194. The molecule has 2 heterocycles. The monoisotopic (exact) mass is 224 g/mol. The molecule has 4 heteroatoms. The summed E-state index contributed by atoms with van der Waals surface area (Å²) in [6.07, 6.45) is 5.63. The van der Waals surface area contributed by atoms with Gasteiger partial charge in [-0.25, -0.2) is 4.98 Å². The number of halogens is 1. The Kier molecular flexibility index (Phi) is 3.23. The minimum atomic E-state index is 0.730. The molecule has 15 heavy (non-hydrogen) atoms. The van der Waals surface area contributed by atoms with Crippen molar-refractivity contribution in [2.24, 2.45) is 0 Å². The quantitative estimate of drug-likeness (QED) is 0.747. The summed E-state index contributed by atoms with van der Waals surface area (Å²) in [5.41, 5.74) is 1.08. The second-order valence-corrected chi connectivity index (χ2v) is 3.85. The Morgan fingerprint density at radius 3 is 3.13 bits per heavy atom. The van der Waals surface area contributed by atoms with Crippen LogP contribution in [0.15, 0.2) is 24.5 Å². The topological polar surface area (TPSA) is 26.5 Å². The minimum Gasteiger partial charge on any atom is -0.385 e. The molecule has 0 fully saturated rings. The maximum absolute atomic E-state index is 5.94. The van der Waals surface area contributed by atoms with Gasteiger partial charge in [0.05, 0.1) is 16.7 Å². The van der Waals surface area contributed by atoms with Gasteiger partial charge in [0.15, 0.2) is 0 Å². The summed E-state index contributed by atoms with van der Waals surface area (Å²) in [5.74, 6) is 1.03. The van der Waals surface area contributed by atoms with Gasteiger partial charge >= 0.3 is 0 Å². The summed E-state index contributed by atoms with van der Waals surface area (Å²) >= 11 is 5.94. The first-order chi connectivity index (χ1) is 7.31. The molecule has 0 atom stereocenters. The van der Waals surface area contributed by atoms with E-state index in [1.807, 2.05) is 28.9 Å². The number of pyridine rings is 1. The van der Waals surface area contributed by atoms with Gasteiger partial charge in [0, 0.05) is 26.3 Å². The van der Waals surface area contributed by atoms with Gasteiger partial charge in [-0.15, -0.1) is 0 Å². The summed E-state index contributed by atoms with van der Waals surface area (Å²) in [7, 11) is 1.71. The average Bonchev–Trinajstić information content (AvgIpc) is 2.62. The highest BCUT2D eigenvalue weighted by Gasteiger charge is 2.03. The molecule has 0 radical (unpaired) electrons. The van der Waals surface area contributed by atoms with Crippen LogP contribution in [0.25, 0.3) is 5.52 Å². The van der Waals surface area contributed by atoms with Crippen molar-refractivity contribution in [3.05, 3.63) is 35.4 Å². The first-order valence-corrected chi connectivity index (χ1v) is 5.29. The fourth-order valence-electron chi connectivity index (χ4n) is 1.58. The van der Waals surface area contributed by atoms with E-state index in [-0.39, 0.29) is 0 Å². The van der Waals surface area contributed by atoms with E-state index in [1.165, 1.54) is 0 Å². The van der Waals surface area contributed by atoms with Gasteiger partial charge in [-0.2, -0.15) is 0 Å². The van der Waals surface area contributed by atoms with Gasteiger partial charge in [0.1, 0.15) is 5.82 Å². The number of fused-ring (bicyclic) bond motifs is 1. The number of rotatable bonds is 4. The number of methoxy groups -OCH3 is 1. The molecule has 0 spiro atoms. The molecular formula is C11H13ClN2O. The fourth-order valence-corrected chi connectivity index (χ4v) is 1.74. The molecule has 3 nitrogen and oxygen atoms in total. The number of aryl methyl sites for hydroxylation is 1. The van der Waals surface area contributed by atoms with Crippen LogP contribution in [-0.4, -0.2) is 23.1 Å². The highest BCUT2D eigenvalue weighted by atomic mass is 35.5. The molecule has 0 saturated carbocycles. The van der Waals surface area contributed by atoms with Gasteiger partial charge in [0.2, 0.25) is 0 Å². The van der Waals surface area contributed by atoms with Crippen molar-refractivity contribution >= 4 is 17.1 Å². The Balaban J connectivity index is 2.23. The van der Waals surface area contributed by atoms with Crippen LogP contribution in [0.2, 0.25) is 5.02 Å². The predicted molar refractivity (Wildman–Crippen MR) is 60.4 cm³/mol. The molecule has 0 aliphatic carbocycles. The lowest BCUT2D eigenvalue weighted by atomic mass is 10.3. The Morgan fingerprint density at radius 2 is 2.33 bits per heavy atom. The lowest BCUT2D eigenvalue weighted by Crippen LogP contribution is -1.98. The van der Waals surface area contributed by atoms with Crippen molar-refractivity contribution in [3.8, 4) is 0 Å². The minimum absolute atomic E-state index is 0.730. The number of hydrogen-bond acceptors (Lipinski definition) is 2. The van der Waals surface area contributed by atoms with Crippen LogP contribution in [0, 0.1) is 0 Å². The van der Waals surface area contributed by atoms with Crippen LogP contribution in [0.3, 0.4) is 0 Å². The van der Waals surface area contributed by atoms with E-state index in [0.29, 0.717) is 0 Å². The molecule has 0 bridgehead atoms. The maximum Gasteiger partial charge on any atom is 0.113 e. The third-order valence-corrected chi connectivity index (χ3v) is 2.54. The molecule has 80 valence electrons. The third-order valence-electron chi connectivity index (χ3n) is 2.32. The van der Waals surface area contributed by atoms with Crippen molar-refractivity contribution in [2.75, 3.05) is 13.7 Å². The molecule has 0 amide bonds. The van der Waals surface area contributed by atoms with E-state index in [0.717, 1.165) is 35.8 Å². The van der Waals surface area contributed by atoms with Crippen molar-refractivity contribution in [2.45, 2.75) is 12.8 Å². The van der Waals surface area contributed by atoms with Crippen LogP contribution in [0.1, 0.15) is 12.2 Å². The van der Waals surface area contributed by atoms with E-state index < -0.39 is 0 Å². The average molecular weight is 225 g/mol. The first-order valence-electron chi connectivity index (χ1n) is 4.91. The molecule has 0 aliphatic rings. The van der Waals surface area contributed by atoms with E-state index >= 15 is 0 Å². The summed E-state index contributed by atoms with van der Waals surface area (Å²) < 4.78 is 7.04. The summed E-state index contributed by atoms with van der Waals surface area (Å²) in [5, 5.41) is 0.730. The predicted octanol–water partition coefficient (Wildman–Crippen LogP) is 2.57. The van der Waals surface area contributed by atoms with Gasteiger partial charge in [0.25, 0.3) is 0 Å². The normalized spacial score (nSPS) is 11.1. The number of nitrogens with zero attached hydrogens (tertiary/aromatic N) is 2. The highest BCUT2D eigenvalue weighted by molar-refractivity contribution is 6.30. The van der Waals surface area contributed by atoms with Crippen molar-refractivity contribution in [1.82, 2.24) is 9.38 Å². The second kappa shape index (κ2) is 4.64. The zero-order chi connectivity index (χ0) is 10.7. The van der Waals surface area contributed by atoms with Crippen molar-refractivity contribution in [3.63, 3.8) is 0 Å². The Labute approximate surface area is 93.6 Å². The SMILES string of the molecule is COCCCc1ncc2ccc(Cl)cn12. The number of ether oxygens (including phenoxy) is 1. The Morgan fingerprint density at radius 1 is 1.47 bits per heavy atom. The van der Waals surface area contributed by atoms with Crippen LogP contribution in [0.5, 0.6) is 0 Å². The molecule has 0 aliphatic heterocycles. The van der Waals surface area contributed by atoms with E-state index in [4.69, 9.17) is 16.3 Å². The van der Waals surface area contributed by atoms with Gasteiger partial charge in [-0.05, 0) is 18.6 Å². The number of hydrogen-bond donors (Lipinski definition) is 0. The van der Waals surface area contributed by atoms with Crippen LogP contribution >= 0.6 is 11.6 Å². The standard InChI is InChI=1S/C11H13ClN2O/c1-15-6-2-3-11-13-7-10-5-4-9(12)8-14(10)11/h4-5,7-8H,2-3,6H2,1H3. The second-order valence-electron chi connectivity index (χ2n) is 3.41. The molecule has 0 unspecified atom stereocenters. The fraction of sp³-hybridized carbons (Fsp3) is 0.364. The molecule has 0 aromatic carbocycles. The van der Waals surface area contributed by atoms with Crippen molar-refractivity contribution in [1.29, 1.82) is 0 Å². The molecule has 2 aromatic rings. The van der Waals surface area contributed by atoms with Gasteiger partial charge < -0.3 is 9.14 Å². The zero-order valence-corrected chi connectivity index (χ0v) is 9.37. The molecule has 2 aromatic heterocycles. The molecule has 2 rings (SSSR count). The van der Waals surface area contributed by atoms with Gasteiger partial charge in [-0.3, -0.25) is 0 Å². The van der Waals surface area contributed by atoms with Crippen LogP contribution < -0.4 is 0 Å². The number of aromatic nitrogens is 2. The summed E-state index contributed by atoms with van der Waals surface area (Å²) in [4.78, 5) is 4.36. The Hall–Kier alpha value is -1.06. The molecule has 0 saturated heterocycles. The largest absolute Gasteiger partial charge is 0.385 e. The molecule has 0 N–H and O–H groups in total. The summed E-state index contributed by atoms with van der Waals surface area (Å²) in [6, 6.07) is 3.84. The van der Waals surface area contributed by atoms with E-state index in [9.17, 15) is 0 Å². The first kappa shape index (κ1) is 10.5. The molecular weight excluding hydrogens is 212 g/mol.